The van der Waals surface area contributed by atoms with Crippen LogP contribution in [0, 0.1) is 0 Å². The van der Waals surface area contributed by atoms with Crippen LogP contribution in [-0.2, 0) is 20.9 Å². The monoisotopic (exact) mass is 600 g/mol. The lowest BCUT2D eigenvalue weighted by Gasteiger charge is -2.19. The summed E-state index contributed by atoms with van der Waals surface area (Å²) >= 11 is 18.2. The van der Waals surface area contributed by atoms with E-state index in [1.165, 1.54) is 16.9 Å². The van der Waals surface area contributed by atoms with Gasteiger partial charge in [-0.15, -0.1) is 0 Å². The molecule has 0 bridgehead atoms. The molecule has 1 fully saturated rings. The van der Waals surface area contributed by atoms with Crippen molar-refractivity contribution < 1.29 is 28.5 Å². The highest BCUT2D eigenvalue weighted by molar-refractivity contribution is 7.80. The van der Waals surface area contributed by atoms with Crippen LogP contribution in [0.4, 0.5) is 5.69 Å². The first-order chi connectivity index (χ1) is 19.2. The molecule has 0 saturated carbocycles. The van der Waals surface area contributed by atoms with Crippen LogP contribution in [0.15, 0.2) is 66.4 Å². The van der Waals surface area contributed by atoms with Gasteiger partial charge in [0.2, 0.25) is 0 Å². The largest absolute Gasteiger partial charge is 0.497 e. The summed E-state index contributed by atoms with van der Waals surface area (Å²) in [6.45, 7) is 2.18. The van der Waals surface area contributed by atoms with E-state index in [0.29, 0.717) is 40.1 Å². The number of hydrogen-bond acceptors (Lipinski definition) is 7. The SMILES string of the molecule is CCOc1cc(/C=C2/C(=O)N(c3ccc(OC)cc3)C(=S)N2CC(=O)OC)cc(Cl)c1OCc1ccc(Cl)cc1. The highest BCUT2D eigenvalue weighted by Gasteiger charge is 2.40. The topological polar surface area (TPSA) is 77.5 Å². The number of halogens is 2. The molecule has 40 heavy (non-hydrogen) atoms. The third-order valence-electron chi connectivity index (χ3n) is 5.91. The van der Waals surface area contributed by atoms with Crippen molar-refractivity contribution in [2.45, 2.75) is 13.5 Å². The van der Waals surface area contributed by atoms with Gasteiger partial charge >= 0.3 is 5.97 Å². The summed E-state index contributed by atoms with van der Waals surface area (Å²) in [5.74, 6) is 0.406. The molecule has 0 spiro atoms. The van der Waals surface area contributed by atoms with E-state index in [1.54, 1.807) is 61.7 Å². The van der Waals surface area contributed by atoms with Crippen LogP contribution in [-0.4, -0.2) is 49.3 Å². The molecule has 0 aliphatic carbocycles. The van der Waals surface area contributed by atoms with Crippen LogP contribution in [0.2, 0.25) is 10.0 Å². The van der Waals surface area contributed by atoms with Gasteiger partial charge in [-0.1, -0.05) is 35.3 Å². The molecule has 0 atom stereocenters. The van der Waals surface area contributed by atoms with Gasteiger partial charge in [-0.2, -0.15) is 0 Å². The van der Waals surface area contributed by atoms with E-state index in [4.69, 9.17) is 54.4 Å². The van der Waals surface area contributed by atoms with Gasteiger partial charge in [-0.3, -0.25) is 14.5 Å². The van der Waals surface area contributed by atoms with Crippen molar-refractivity contribution in [2.75, 3.05) is 32.3 Å². The molecule has 1 aliphatic heterocycles. The zero-order valence-electron chi connectivity index (χ0n) is 22.0. The van der Waals surface area contributed by atoms with E-state index < -0.39 is 11.9 Å². The Morgan fingerprint density at radius 1 is 1.00 bits per heavy atom. The number of methoxy groups -OCH3 is 2. The van der Waals surface area contributed by atoms with Crippen LogP contribution < -0.4 is 19.1 Å². The number of thiocarbonyl (C=S) groups is 1. The average molecular weight is 602 g/mol. The molecule has 11 heteroatoms. The maximum Gasteiger partial charge on any atom is 0.325 e. The fourth-order valence-electron chi connectivity index (χ4n) is 3.95. The van der Waals surface area contributed by atoms with E-state index in [9.17, 15) is 9.59 Å². The summed E-state index contributed by atoms with van der Waals surface area (Å²) in [5, 5.41) is 1.04. The lowest BCUT2D eigenvalue weighted by molar-refractivity contribution is -0.140. The molecule has 1 aliphatic rings. The molecule has 4 rings (SSSR count). The van der Waals surface area contributed by atoms with Crippen molar-refractivity contribution >= 4 is 64.2 Å². The molecule has 208 valence electrons. The molecule has 0 radical (unpaired) electrons. The molecular weight excluding hydrogens is 575 g/mol. The molecule has 0 aromatic heterocycles. The number of nitrogens with zero attached hydrogens (tertiary/aromatic N) is 2. The third-order valence-corrected chi connectivity index (χ3v) is 6.85. The number of amides is 1. The lowest BCUT2D eigenvalue weighted by Crippen LogP contribution is -2.35. The second-order valence-electron chi connectivity index (χ2n) is 8.49. The van der Waals surface area contributed by atoms with Gasteiger partial charge in [0.05, 0.1) is 31.5 Å². The fourth-order valence-corrected chi connectivity index (χ4v) is 4.70. The predicted octanol–water partition coefficient (Wildman–Crippen LogP) is 6.13. The van der Waals surface area contributed by atoms with Crippen molar-refractivity contribution in [2.24, 2.45) is 0 Å². The van der Waals surface area contributed by atoms with Crippen molar-refractivity contribution in [1.82, 2.24) is 4.90 Å². The molecule has 1 amide bonds. The minimum absolute atomic E-state index is 0.130. The second kappa shape index (κ2) is 13.0. The molecule has 0 unspecified atom stereocenters. The van der Waals surface area contributed by atoms with Gasteiger partial charge in [0, 0.05) is 5.02 Å². The van der Waals surface area contributed by atoms with Gasteiger partial charge in [0.15, 0.2) is 16.6 Å². The van der Waals surface area contributed by atoms with Crippen molar-refractivity contribution in [1.29, 1.82) is 0 Å². The first-order valence-electron chi connectivity index (χ1n) is 12.2. The van der Waals surface area contributed by atoms with Crippen molar-refractivity contribution in [3.8, 4) is 17.2 Å². The van der Waals surface area contributed by atoms with E-state index in [0.717, 1.165) is 5.56 Å². The number of benzene rings is 3. The third kappa shape index (κ3) is 6.50. The van der Waals surface area contributed by atoms with E-state index in [2.05, 4.69) is 0 Å². The highest BCUT2D eigenvalue weighted by Crippen LogP contribution is 2.39. The smallest absolute Gasteiger partial charge is 0.325 e. The van der Waals surface area contributed by atoms with Gasteiger partial charge in [-0.05, 0) is 84.9 Å². The summed E-state index contributed by atoms with van der Waals surface area (Å²) in [6, 6.07) is 17.5. The number of anilines is 1. The Bertz CT molecular complexity index is 1440. The fraction of sp³-hybridized carbons (Fsp3) is 0.207. The van der Waals surface area contributed by atoms with Gasteiger partial charge in [0.25, 0.3) is 5.91 Å². The lowest BCUT2D eigenvalue weighted by atomic mass is 10.1. The summed E-state index contributed by atoms with van der Waals surface area (Å²) in [7, 11) is 2.82. The zero-order chi connectivity index (χ0) is 28.8. The normalized spacial score (nSPS) is 14.1. The van der Waals surface area contributed by atoms with Crippen LogP contribution in [0.3, 0.4) is 0 Å². The second-order valence-corrected chi connectivity index (χ2v) is 9.70. The number of rotatable bonds is 10. The molecule has 3 aromatic rings. The number of ether oxygens (including phenoxy) is 4. The summed E-state index contributed by atoms with van der Waals surface area (Å²) in [5.41, 5.74) is 2.13. The molecule has 1 heterocycles. The Morgan fingerprint density at radius 2 is 1.70 bits per heavy atom. The first-order valence-corrected chi connectivity index (χ1v) is 13.3. The Balaban J connectivity index is 1.70. The number of esters is 1. The van der Waals surface area contributed by atoms with Gasteiger partial charge in [-0.25, -0.2) is 0 Å². The standard InChI is InChI=1S/C29H26Cl2N2O6S/c1-4-38-25-15-19(13-23(31)27(25)39-17-18-5-7-20(30)8-6-18)14-24-28(35)33(21-9-11-22(36-2)12-10-21)29(40)32(24)16-26(34)37-3/h5-15H,4,16-17H2,1-3H3/b24-14-. The first kappa shape index (κ1) is 29.2. The summed E-state index contributed by atoms with van der Waals surface area (Å²) in [6.07, 6.45) is 1.60. The van der Waals surface area contributed by atoms with Crippen molar-refractivity contribution in [3.05, 3.63) is 87.5 Å². The summed E-state index contributed by atoms with van der Waals surface area (Å²) < 4.78 is 21.9. The van der Waals surface area contributed by atoms with E-state index in [1.807, 2.05) is 19.1 Å². The Morgan fingerprint density at radius 3 is 2.33 bits per heavy atom. The Labute approximate surface area is 247 Å². The molecule has 8 nitrogen and oxygen atoms in total. The predicted molar refractivity (Wildman–Crippen MR) is 158 cm³/mol. The average Bonchev–Trinajstić information content (AvgIpc) is 3.17. The Kier molecular flexibility index (Phi) is 9.52. The molecular formula is C29H26Cl2N2O6S. The van der Waals surface area contributed by atoms with Gasteiger partial charge in [0.1, 0.15) is 24.6 Å². The quantitative estimate of drug-likeness (QED) is 0.156. The minimum atomic E-state index is -0.559. The van der Waals surface area contributed by atoms with Crippen LogP contribution in [0.1, 0.15) is 18.1 Å². The molecule has 3 aromatic carbocycles. The minimum Gasteiger partial charge on any atom is -0.497 e. The van der Waals surface area contributed by atoms with Gasteiger partial charge < -0.3 is 23.8 Å². The van der Waals surface area contributed by atoms with Crippen LogP contribution in [0.5, 0.6) is 17.2 Å². The van der Waals surface area contributed by atoms with Crippen LogP contribution >= 0.6 is 35.4 Å². The van der Waals surface area contributed by atoms with Crippen molar-refractivity contribution in [3.63, 3.8) is 0 Å². The number of carbonyl (C=O) groups excluding carboxylic acids is 2. The Hall–Kier alpha value is -3.79. The van der Waals surface area contributed by atoms with E-state index in [-0.39, 0.29) is 29.0 Å². The number of carbonyl (C=O) groups is 2. The molecule has 0 N–H and O–H groups in total. The van der Waals surface area contributed by atoms with Crippen LogP contribution in [0.25, 0.3) is 6.08 Å². The van der Waals surface area contributed by atoms with E-state index >= 15 is 0 Å². The zero-order valence-corrected chi connectivity index (χ0v) is 24.3. The maximum atomic E-state index is 13.6. The maximum absolute atomic E-state index is 13.6. The number of hydrogen-bond donors (Lipinski definition) is 0. The molecule has 1 saturated heterocycles. The highest BCUT2D eigenvalue weighted by atomic mass is 35.5. The summed E-state index contributed by atoms with van der Waals surface area (Å²) in [4.78, 5) is 28.6.